The van der Waals surface area contributed by atoms with Gasteiger partial charge in [-0.3, -0.25) is 4.79 Å². The molecule has 1 aromatic rings. The van der Waals surface area contributed by atoms with E-state index in [1.54, 1.807) is 6.92 Å². The van der Waals surface area contributed by atoms with Crippen LogP contribution in [0.4, 0.5) is 0 Å². The van der Waals surface area contributed by atoms with E-state index in [4.69, 9.17) is 5.11 Å². The zero-order valence-corrected chi connectivity index (χ0v) is 11.5. The number of nitrogens with zero attached hydrogens (tertiary/aromatic N) is 2. The third kappa shape index (κ3) is 3.13. The topological polar surface area (TPSA) is 103 Å². The highest BCUT2D eigenvalue weighted by Crippen LogP contribution is 2.24. The van der Waals surface area contributed by atoms with Gasteiger partial charge in [-0.15, -0.1) is 0 Å². The molecule has 0 atom stereocenters. The molecule has 0 saturated carbocycles. The number of piperidine rings is 1. The SMILES string of the molecule is Cc1ncc(S(=O)(=O)N2CCC(CC(=O)O)CC2)[nH]1. The van der Waals surface area contributed by atoms with Gasteiger partial charge in [-0.25, -0.2) is 13.4 Å². The van der Waals surface area contributed by atoms with Crippen LogP contribution in [0, 0.1) is 12.8 Å². The smallest absolute Gasteiger partial charge is 0.303 e. The average molecular weight is 287 g/mol. The van der Waals surface area contributed by atoms with E-state index < -0.39 is 16.0 Å². The molecule has 1 aromatic heterocycles. The summed E-state index contributed by atoms with van der Waals surface area (Å²) in [7, 11) is -3.53. The molecule has 0 aromatic carbocycles. The summed E-state index contributed by atoms with van der Waals surface area (Å²) >= 11 is 0. The van der Waals surface area contributed by atoms with Gasteiger partial charge >= 0.3 is 5.97 Å². The van der Waals surface area contributed by atoms with E-state index in [2.05, 4.69) is 9.97 Å². The predicted octanol–water partition coefficient (Wildman–Crippen LogP) is 0.594. The molecule has 0 spiro atoms. The van der Waals surface area contributed by atoms with E-state index in [0.717, 1.165) is 0 Å². The fraction of sp³-hybridized carbons (Fsp3) is 0.636. The maximum atomic E-state index is 12.3. The van der Waals surface area contributed by atoms with E-state index in [0.29, 0.717) is 31.8 Å². The van der Waals surface area contributed by atoms with Crippen LogP contribution in [-0.4, -0.2) is 46.9 Å². The summed E-state index contributed by atoms with van der Waals surface area (Å²) < 4.78 is 25.9. The van der Waals surface area contributed by atoms with Gasteiger partial charge in [-0.2, -0.15) is 4.31 Å². The molecule has 7 nitrogen and oxygen atoms in total. The lowest BCUT2D eigenvalue weighted by Crippen LogP contribution is -2.39. The number of aliphatic carboxylic acids is 1. The Labute approximate surface area is 111 Å². The van der Waals surface area contributed by atoms with Crippen LogP contribution >= 0.6 is 0 Å². The number of hydrogen-bond donors (Lipinski definition) is 2. The number of imidazole rings is 1. The number of aromatic amines is 1. The Morgan fingerprint density at radius 1 is 1.53 bits per heavy atom. The largest absolute Gasteiger partial charge is 0.481 e. The molecular formula is C11H17N3O4S. The summed E-state index contributed by atoms with van der Waals surface area (Å²) in [5.74, 6) is -0.211. The number of hydrogen-bond acceptors (Lipinski definition) is 4. The van der Waals surface area contributed by atoms with Crippen LogP contribution in [0.25, 0.3) is 0 Å². The fourth-order valence-electron chi connectivity index (χ4n) is 2.27. The van der Waals surface area contributed by atoms with Gasteiger partial charge in [0.05, 0.1) is 6.20 Å². The van der Waals surface area contributed by atoms with Crippen LogP contribution in [0.5, 0.6) is 0 Å². The maximum absolute atomic E-state index is 12.3. The van der Waals surface area contributed by atoms with Crippen LogP contribution in [0.3, 0.4) is 0 Å². The van der Waals surface area contributed by atoms with Crippen LogP contribution in [0.2, 0.25) is 0 Å². The van der Waals surface area contributed by atoms with E-state index in [-0.39, 0.29) is 17.4 Å². The van der Waals surface area contributed by atoms with Crippen molar-refractivity contribution in [3.8, 4) is 0 Å². The average Bonchev–Trinajstić information content (AvgIpc) is 2.76. The molecule has 0 radical (unpaired) electrons. The second kappa shape index (κ2) is 5.30. The predicted molar refractivity (Wildman–Crippen MR) is 67.1 cm³/mol. The minimum absolute atomic E-state index is 0.0625. The highest BCUT2D eigenvalue weighted by molar-refractivity contribution is 7.89. The molecule has 1 aliphatic heterocycles. The van der Waals surface area contributed by atoms with Gasteiger partial charge in [0, 0.05) is 19.5 Å². The number of sulfonamides is 1. The Balaban J connectivity index is 2.03. The number of carboxylic acid groups (broad SMARTS) is 1. The van der Waals surface area contributed by atoms with Crippen LogP contribution in [0.1, 0.15) is 25.1 Å². The van der Waals surface area contributed by atoms with Crippen LogP contribution < -0.4 is 0 Å². The van der Waals surface area contributed by atoms with Gasteiger partial charge < -0.3 is 10.1 Å². The number of H-pyrrole nitrogens is 1. The van der Waals surface area contributed by atoms with Crippen molar-refractivity contribution in [3.63, 3.8) is 0 Å². The summed E-state index contributed by atoms with van der Waals surface area (Å²) in [6.45, 7) is 2.41. The number of aryl methyl sites for hydroxylation is 1. The van der Waals surface area contributed by atoms with E-state index >= 15 is 0 Å². The van der Waals surface area contributed by atoms with Crippen molar-refractivity contribution in [1.82, 2.24) is 14.3 Å². The quantitative estimate of drug-likeness (QED) is 0.843. The lowest BCUT2D eigenvalue weighted by molar-refractivity contribution is -0.138. The molecule has 2 rings (SSSR count). The molecule has 1 aliphatic rings. The van der Waals surface area contributed by atoms with Crippen LogP contribution in [0.15, 0.2) is 11.2 Å². The summed E-state index contributed by atoms with van der Waals surface area (Å²) in [6.07, 6.45) is 2.59. The van der Waals surface area contributed by atoms with E-state index in [1.165, 1.54) is 10.5 Å². The molecule has 2 heterocycles. The van der Waals surface area contributed by atoms with Crippen molar-refractivity contribution in [2.45, 2.75) is 31.2 Å². The van der Waals surface area contributed by atoms with Gasteiger partial charge in [0.1, 0.15) is 5.82 Å². The maximum Gasteiger partial charge on any atom is 0.303 e. The highest BCUT2D eigenvalue weighted by atomic mass is 32.2. The monoisotopic (exact) mass is 287 g/mol. The first kappa shape index (κ1) is 14.0. The summed E-state index contributed by atoms with van der Waals surface area (Å²) in [6, 6.07) is 0. The lowest BCUT2D eigenvalue weighted by Gasteiger charge is -2.29. The third-order valence-corrected chi connectivity index (χ3v) is 5.14. The van der Waals surface area contributed by atoms with Crippen molar-refractivity contribution in [2.24, 2.45) is 5.92 Å². The molecule has 0 amide bonds. The second-order valence-corrected chi connectivity index (χ2v) is 6.68. The molecule has 1 saturated heterocycles. The molecule has 1 fully saturated rings. The molecule has 0 bridgehead atoms. The lowest BCUT2D eigenvalue weighted by atomic mass is 9.95. The number of carbonyl (C=O) groups is 1. The molecule has 2 N–H and O–H groups in total. The molecule has 8 heteroatoms. The minimum atomic E-state index is -3.53. The van der Waals surface area contributed by atoms with Crippen molar-refractivity contribution >= 4 is 16.0 Å². The molecule has 19 heavy (non-hydrogen) atoms. The molecule has 106 valence electrons. The first-order valence-electron chi connectivity index (χ1n) is 6.13. The number of carboxylic acids is 1. The van der Waals surface area contributed by atoms with Crippen molar-refractivity contribution in [2.75, 3.05) is 13.1 Å². The van der Waals surface area contributed by atoms with Crippen molar-refractivity contribution in [1.29, 1.82) is 0 Å². The number of nitrogens with one attached hydrogen (secondary N) is 1. The number of aromatic nitrogens is 2. The highest BCUT2D eigenvalue weighted by Gasteiger charge is 2.31. The first-order valence-corrected chi connectivity index (χ1v) is 7.57. The van der Waals surface area contributed by atoms with Gasteiger partial charge in [-0.05, 0) is 25.7 Å². The van der Waals surface area contributed by atoms with Crippen molar-refractivity contribution in [3.05, 3.63) is 12.0 Å². The Bertz CT molecular complexity index is 558. The van der Waals surface area contributed by atoms with E-state index in [9.17, 15) is 13.2 Å². The van der Waals surface area contributed by atoms with Gasteiger partial charge in [0.2, 0.25) is 0 Å². The molecule has 0 aliphatic carbocycles. The van der Waals surface area contributed by atoms with Gasteiger partial charge in [-0.1, -0.05) is 0 Å². The standard InChI is InChI=1S/C11H17N3O4S/c1-8-12-7-10(13-8)19(17,18)14-4-2-9(3-5-14)6-11(15)16/h7,9H,2-6H2,1H3,(H,12,13)(H,15,16). The Hall–Kier alpha value is -1.41. The summed E-state index contributed by atoms with van der Waals surface area (Å²) in [5, 5.41) is 8.83. The minimum Gasteiger partial charge on any atom is -0.481 e. The molecular weight excluding hydrogens is 270 g/mol. The fourth-order valence-corrected chi connectivity index (χ4v) is 3.70. The Kier molecular flexibility index (Phi) is 3.91. The van der Waals surface area contributed by atoms with Crippen LogP contribution in [-0.2, 0) is 14.8 Å². The zero-order valence-electron chi connectivity index (χ0n) is 10.7. The zero-order chi connectivity index (χ0) is 14.0. The Morgan fingerprint density at radius 3 is 2.63 bits per heavy atom. The first-order chi connectivity index (χ1) is 8.89. The molecule has 0 unspecified atom stereocenters. The summed E-state index contributed by atoms with van der Waals surface area (Å²) in [5.41, 5.74) is 0. The Morgan fingerprint density at radius 2 is 2.16 bits per heavy atom. The third-order valence-electron chi connectivity index (χ3n) is 3.33. The number of rotatable bonds is 4. The normalized spacial score (nSPS) is 18.6. The summed E-state index contributed by atoms with van der Waals surface area (Å²) in [4.78, 5) is 17.2. The van der Waals surface area contributed by atoms with Gasteiger partial charge in [0.25, 0.3) is 10.0 Å². The second-order valence-electron chi connectivity index (χ2n) is 4.78. The van der Waals surface area contributed by atoms with Gasteiger partial charge in [0.15, 0.2) is 5.03 Å². The van der Waals surface area contributed by atoms with E-state index in [1.807, 2.05) is 0 Å². The van der Waals surface area contributed by atoms with Crippen molar-refractivity contribution < 1.29 is 18.3 Å².